The maximum absolute atomic E-state index is 10.2. The Labute approximate surface area is 107 Å². The van der Waals surface area contributed by atoms with Crippen LogP contribution >= 0.6 is 0 Å². The average molecular weight is 256 g/mol. The summed E-state index contributed by atoms with van der Waals surface area (Å²) >= 11 is 0. The lowest BCUT2D eigenvalue weighted by Gasteiger charge is -2.10. The normalized spacial score (nSPS) is 13.1. The SMILES string of the molecule is CC(O)COC(C)CO.O=C(O)c1ccccc1. The number of rotatable bonds is 5. The molecule has 0 bridgehead atoms. The molecule has 0 heterocycles. The summed E-state index contributed by atoms with van der Waals surface area (Å²) in [6, 6.07) is 8.30. The minimum Gasteiger partial charge on any atom is -0.478 e. The van der Waals surface area contributed by atoms with Crippen LogP contribution < -0.4 is 0 Å². The molecule has 0 amide bonds. The Morgan fingerprint density at radius 1 is 1.28 bits per heavy atom. The molecule has 0 radical (unpaired) electrons. The molecule has 0 aliphatic heterocycles. The molecule has 0 spiro atoms. The van der Waals surface area contributed by atoms with Crippen molar-refractivity contribution in [3.63, 3.8) is 0 Å². The van der Waals surface area contributed by atoms with Crippen molar-refractivity contribution in [2.24, 2.45) is 0 Å². The van der Waals surface area contributed by atoms with Gasteiger partial charge in [0.15, 0.2) is 0 Å². The molecule has 0 aromatic heterocycles. The Morgan fingerprint density at radius 2 is 1.83 bits per heavy atom. The standard InChI is InChI=1S/C7H6O2.C6H14O3/c8-7(9)6-4-2-1-3-5-6;1-5(8)4-9-6(2)3-7/h1-5H,(H,8,9);5-8H,3-4H2,1-2H3. The van der Waals surface area contributed by atoms with Crippen molar-refractivity contribution >= 4 is 5.97 Å². The van der Waals surface area contributed by atoms with Gasteiger partial charge in [-0.05, 0) is 26.0 Å². The molecule has 3 N–H and O–H groups in total. The fourth-order valence-electron chi connectivity index (χ4n) is 0.937. The third-order valence-corrected chi connectivity index (χ3v) is 1.90. The summed E-state index contributed by atoms with van der Waals surface area (Å²) in [4.78, 5) is 10.2. The van der Waals surface area contributed by atoms with Crippen molar-refractivity contribution in [2.75, 3.05) is 13.2 Å². The lowest BCUT2D eigenvalue weighted by Crippen LogP contribution is -2.19. The van der Waals surface area contributed by atoms with Gasteiger partial charge in [-0.15, -0.1) is 0 Å². The Balaban J connectivity index is 0.000000321. The monoisotopic (exact) mass is 256 g/mol. The highest BCUT2D eigenvalue weighted by atomic mass is 16.5. The molecule has 0 aliphatic rings. The van der Waals surface area contributed by atoms with Gasteiger partial charge in [0.1, 0.15) is 0 Å². The molecule has 0 aliphatic carbocycles. The van der Waals surface area contributed by atoms with E-state index in [4.69, 9.17) is 20.1 Å². The van der Waals surface area contributed by atoms with Crippen LogP contribution in [0.4, 0.5) is 0 Å². The van der Waals surface area contributed by atoms with E-state index in [2.05, 4.69) is 0 Å². The van der Waals surface area contributed by atoms with E-state index in [9.17, 15) is 4.79 Å². The van der Waals surface area contributed by atoms with Gasteiger partial charge in [-0.1, -0.05) is 18.2 Å². The number of aromatic carboxylic acids is 1. The van der Waals surface area contributed by atoms with Gasteiger partial charge in [0.25, 0.3) is 0 Å². The maximum Gasteiger partial charge on any atom is 0.335 e. The number of carboxylic acid groups (broad SMARTS) is 1. The average Bonchev–Trinajstić information content (AvgIpc) is 2.37. The van der Waals surface area contributed by atoms with E-state index in [0.29, 0.717) is 12.2 Å². The topological polar surface area (TPSA) is 87.0 Å². The molecular weight excluding hydrogens is 236 g/mol. The third-order valence-electron chi connectivity index (χ3n) is 1.90. The zero-order valence-corrected chi connectivity index (χ0v) is 10.6. The van der Waals surface area contributed by atoms with Gasteiger partial charge >= 0.3 is 5.97 Å². The van der Waals surface area contributed by atoms with E-state index >= 15 is 0 Å². The Morgan fingerprint density at radius 3 is 2.17 bits per heavy atom. The Hall–Kier alpha value is -1.43. The molecule has 0 saturated carbocycles. The summed E-state index contributed by atoms with van der Waals surface area (Å²) in [5, 5.41) is 25.5. The van der Waals surface area contributed by atoms with Gasteiger partial charge in [-0.3, -0.25) is 0 Å². The molecule has 1 aromatic carbocycles. The summed E-state index contributed by atoms with van der Waals surface area (Å²) in [6.45, 7) is 3.70. The van der Waals surface area contributed by atoms with E-state index in [1.165, 1.54) is 0 Å². The molecule has 1 aromatic rings. The van der Waals surface area contributed by atoms with Crippen molar-refractivity contribution in [2.45, 2.75) is 26.1 Å². The fourth-order valence-corrected chi connectivity index (χ4v) is 0.937. The second-order valence-corrected chi connectivity index (χ2v) is 3.85. The molecule has 5 nitrogen and oxygen atoms in total. The number of carboxylic acids is 1. The number of aliphatic hydroxyl groups excluding tert-OH is 2. The minimum absolute atomic E-state index is 0.00667. The van der Waals surface area contributed by atoms with Crippen molar-refractivity contribution < 1.29 is 24.9 Å². The highest BCUT2D eigenvalue weighted by Crippen LogP contribution is 1.96. The van der Waals surface area contributed by atoms with Gasteiger partial charge in [0.05, 0.1) is 31.0 Å². The summed E-state index contributed by atoms with van der Waals surface area (Å²) < 4.78 is 4.95. The van der Waals surface area contributed by atoms with Crippen LogP contribution in [0.1, 0.15) is 24.2 Å². The van der Waals surface area contributed by atoms with E-state index in [1.807, 2.05) is 0 Å². The van der Waals surface area contributed by atoms with E-state index in [1.54, 1.807) is 44.2 Å². The number of aliphatic hydroxyl groups is 2. The number of hydrogen-bond acceptors (Lipinski definition) is 4. The summed E-state index contributed by atoms with van der Waals surface area (Å²) in [5.74, 6) is -0.879. The third kappa shape index (κ3) is 8.69. The van der Waals surface area contributed by atoms with Gasteiger partial charge in [0, 0.05) is 0 Å². The number of hydrogen-bond donors (Lipinski definition) is 3. The second kappa shape index (κ2) is 9.58. The van der Waals surface area contributed by atoms with E-state index in [-0.39, 0.29) is 12.7 Å². The van der Waals surface area contributed by atoms with Crippen molar-refractivity contribution in [3.8, 4) is 0 Å². The van der Waals surface area contributed by atoms with E-state index in [0.717, 1.165) is 0 Å². The van der Waals surface area contributed by atoms with Crippen LogP contribution in [0.25, 0.3) is 0 Å². The van der Waals surface area contributed by atoms with Crippen LogP contribution in [0.3, 0.4) is 0 Å². The Bertz CT molecular complexity index is 323. The number of ether oxygens (including phenoxy) is 1. The van der Waals surface area contributed by atoms with Gasteiger partial charge < -0.3 is 20.1 Å². The van der Waals surface area contributed by atoms with Gasteiger partial charge in [-0.2, -0.15) is 0 Å². The highest BCUT2D eigenvalue weighted by Gasteiger charge is 2.00. The minimum atomic E-state index is -0.879. The largest absolute Gasteiger partial charge is 0.478 e. The second-order valence-electron chi connectivity index (χ2n) is 3.85. The van der Waals surface area contributed by atoms with Gasteiger partial charge in [0.2, 0.25) is 0 Å². The molecule has 18 heavy (non-hydrogen) atoms. The predicted octanol–water partition coefficient (Wildman–Crippen LogP) is 1.15. The van der Waals surface area contributed by atoms with Crippen molar-refractivity contribution in [3.05, 3.63) is 35.9 Å². The summed E-state index contributed by atoms with van der Waals surface area (Å²) in [6.07, 6.45) is -0.612. The molecule has 1 rings (SSSR count). The molecule has 2 unspecified atom stereocenters. The molecule has 0 fully saturated rings. The summed E-state index contributed by atoms with van der Waals surface area (Å²) in [7, 11) is 0. The zero-order valence-electron chi connectivity index (χ0n) is 10.6. The smallest absolute Gasteiger partial charge is 0.335 e. The van der Waals surface area contributed by atoms with Crippen LogP contribution in [0.15, 0.2) is 30.3 Å². The van der Waals surface area contributed by atoms with Crippen molar-refractivity contribution in [1.29, 1.82) is 0 Å². The maximum atomic E-state index is 10.2. The highest BCUT2D eigenvalue weighted by molar-refractivity contribution is 5.87. The van der Waals surface area contributed by atoms with Crippen LogP contribution in [0.5, 0.6) is 0 Å². The van der Waals surface area contributed by atoms with Crippen LogP contribution in [0.2, 0.25) is 0 Å². The quantitative estimate of drug-likeness (QED) is 0.735. The van der Waals surface area contributed by atoms with Crippen LogP contribution in [-0.2, 0) is 4.74 Å². The summed E-state index contributed by atoms with van der Waals surface area (Å²) in [5.41, 5.74) is 0.331. The molecule has 102 valence electrons. The first-order valence-corrected chi connectivity index (χ1v) is 5.66. The predicted molar refractivity (Wildman–Crippen MR) is 67.6 cm³/mol. The van der Waals surface area contributed by atoms with Gasteiger partial charge in [-0.25, -0.2) is 4.79 Å². The first kappa shape index (κ1) is 16.6. The van der Waals surface area contributed by atoms with E-state index < -0.39 is 12.1 Å². The number of carbonyl (C=O) groups is 1. The first-order valence-electron chi connectivity index (χ1n) is 5.66. The molecule has 2 atom stereocenters. The number of benzene rings is 1. The molecule has 5 heteroatoms. The zero-order chi connectivity index (χ0) is 14.0. The molecular formula is C13H20O5. The van der Waals surface area contributed by atoms with Crippen LogP contribution in [-0.4, -0.2) is 46.7 Å². The lowest BCUT2D eigenvalue weighted by molar-refractivity contribution is -0.0177. The van der Waals surface area contributed by atoms with Crippen molar-refractivity contribution in [1.82, 2.24) is 0 Å². The molecule has 0 saturated heterocycles. The van der Waals surface area contributed by atoms with Crippen LogP contribution in [0, 0.1) is 0 Å². The lowest BCUT2D eigenvalue weighted by atomic mass is 10.2. The first-order chi connectivity index (χ1) is 8.47. The Kier molecular flexibility index (Phi) is 8.82. The fraction of sp³-hybridized carbons (Fsp3) is 0.462.